The highest BCUT2D eigenvalue weighted by atomic mass is 31.2. The number of aliphatic hydroxyl groups is 1. The normalized spacial score (nSPS) is 14.6. The molecule has 0 aromatic carbocycles. The highest BCUT2D eigenvalue weighted by Gasteiger charge is 2.27. The monoisotopic (exact) mass is 1000 g/mol. The summed E-state index contributed by atoms with van der Waals surface area (Å²) in [6.07, 6.45) is 72.5. The van der Waals surface area contributed by atoms with Crippen LogP contribution >= 0.6 is 7.82 Å². The molecule has 0 aliphatic rings. The summed E-state index contributed by atoms with van der Waals surface area (Å²) in [6, 6.07) is -0.873. The van der Waals surface area contributed by atoms with Crippen LogP contribution in [-0.4, -0.2) is 73.4 Å². The van der Waals surface area contributed by atoms with Crippen LogP contribution in [0, 0.1) is 0 Å². The van der Waals surface area contributed by atoms with Gasteiger partial charge in [0.25, 0.3) is 0 Å². The van der Waals surface area contributed by atoms with Crippen molar-refractivity contribution in [2.75, 3.05) is 40.9 Å². The van der Waals surface area contributed by atoms with E-state index in [9.17, 15) is 19.4 Å². The van der Waals surface area contributed by atoms with Crippen LogP contribution in [0.5, 0.6) is 0 Å². The summed E-state index contributed by atoms with van der Waals surface area (Å²) in [6.45, 7) is 4.69. The van der Waals surface area contributed by atoms with Crippen molar-refractivity contribution in [3.05, 3.63) is 85.1 Å². The quantitative estimate of drug-likeness (QED) is 0.0243. The summed E-state index contributed by atoms with van der Waals surface area (Å²) in [5, 5.41) is 13.9. The van der Waals surface area contributed by atoms with Gasteiger partial charge in [-0.05, 0) is 77.0 Å². The fourth-order valence-corrected chi connectivity index (χ4v) is 8.82. The zero-order valence-corrected chi connectivity index (χ0v) is 47.1. The Labute approximate surface area is 433 Å². The molecule has 0 heterocycles. The minimum absolute atomic E-state index is 0.0512. The molecule has 0 aliphatic carbocycles. The van der Waals surface area contributed by atoms with E-state index in [4.69, 9.17) is 9.05 Å². The first kappa shape index (κ1) is 67.7. The van der Waals surface area contributed by atoms with E-state index in [-0.39, 0.29) is 19.1 Å². The van der Waals surface area contributed by atoms with Crippen molar-refractivity contribution in [1.29, 1.82) is 0 Å². The Morgan fingerprint density at radius 2 is 0.871 bits per heavy atom. The summed E-state index contributed by atoms with van der Waals surface area (Å²) in [4.78, 5) is 23.3. The first-order chi connectivity index (χ1) is 34.0. The molecule has 0 spiro atoms. The van der Waals surface area contributed by atoms with Gasteiger partial charge in [-0.15, -0.1) is 0 Å². The standard InChI is InChI=1S/C61H111N2O6P/c1-6-8-10-12-14-16-18-20-22-24-26-28-30-31-33-35-37-39-41-43-45-47-49-51-53-55-61(65)62-59(58-69-70(66,67)68-57-56-63(3,4)5)60(64)54-52-50-48-46-44-42-40-38-36-34-32-29-27-25-23-21-19-17-15-13-11-9-7-2/h8,10,14,16,20,22,26,28,31,33,44,46,52,54,59-60,64H,6-7,9,11-13,15,17-19,21,23-25,27,29-30,32,34-43,45,47-51,53,55-58H2,1-5H3,(H-,62,65,66,67)/p+1/b10-8-,16-14-,22-20-,28-26-,33-31-,46-44+,54-52+. The van der Waals surface area contributed by atoms with Crippen molar-refractivity contribution in [2.24, 2.45) is 0 Å². The number of allylic oxidation sites excluding steroid dienone is 13. The van der Waals surface area contributed by atoms with Crippen LogP contribution in [0.25, 0.3) is 0 Å². The summed E-state index contributed by atoms with van der Waals surface area (Å²) in [5.74, 6) is -0.195. The van der Waals surface area contributed by atoms with Gasteiger partial charge in [-0.1, -0.05) is 247 Å². The number of carbonyl (C=O) groups is 1. The number of rotatable bonds is 52. The average Bonchev–Trinajstić information content (AvgIpc) is 3.32. The Balaban J connectivity index is 4.29. The van der Waals surface area contributed by atoms with Gasteiger partial charge < -0.3 is 19.8 Å². The van der Waals surface area contributed by atoms with E-state index in [0.717, 1.165) is 77.0 Å². The fraction of sp³-hybridized carbons (Fsp3) is 0.754. The number of nitrogens with zero attached hydrogens (tertiary/aromatic N) is 1. The van der Waals surface area contributed by atoms with Gasteiger partial charge >= 0.3 is 7.82 Å². The first-order valence-electron chi connectivity index (χ1n) is 29.0. The van der Waals surface area contributed by atoms with E-state index in [2.05, 4.69) is 92.1 Å². The number of phosphoric acid groups is 1. The molecule has 0 rings (SSSR count). The van der Waals surface area contributed by atoms with Crippen molar-refractivity contribution in [3.8, 4) is 0 Å². The molecule has 70 heavy (non-hydrogen) atoms. The number of carbonyl (C=O) groups excluding carboxylic acids is 1. The molecule has 8 nitrogen and oxygen atoms in total. The summed E-state index contributed by atoms with van der Waals surface area (Å²) in [7, 11) is 1.54. The number of aliphatic hydroxyl groups excluding tert-OH is 1. The maximum Gasteiger partial charge on any atom is 0.472 e. The molecule has 0 bridgehead atoms. The van der Waals surface area contributed by atoms with Crippen LogP contribution in [0.15, 0.2) is 85.1 Å². The maximum atomic E-state index is 13.0. The van der Waals surface area contributed by atoms with Crippen molar-refractivity contribution < 1.29 is 32.9 Å². The molecule has 3 atom stereocenters. The third-order valence-electron chi connectivity index (χ3n) is 12.6. The van der Waals surface area contributed by atoms with E-state index in [0.29, 0.717) is 17.4 Å². The van der Waals surface area contributed by atoms with Crippen molar-refractivity contribution in [2.45, 2.75) is 257 Å². The minimum Gasteiger partial charge on any atom is -0.387 e. The van der Waals surface area contributed by atoms with Crippen molar-refractivity contribution in [3.63, 3.8) is 0 Å². The minimum atomic E-state index is -4.36. The number of hydrogen-bond acceptors (Lipinski definition) is 5. The number of nitrogens with one attached hydrogen (secondary N) is 1. The molecule has 9 heteroatoms. The average molecular weight is 1000 g/mol. The SMILES string of the molecule is CC/C=C\C/C=C\C/C=C\C/C=C\C/C=C\CCCCCCCCCCCC(=O)NC(COP(=O)(O)OCC[N+](C)(C)C)C(O)/C=C/CC/C=C/CCCCCCCCCCCCCCCCCCC. The van der Waals surface area contributed by atoms with E-state index in [1.54, 1.807) is 6.08 Å². The van der Waals surface area contributed by atoms with Gasteiger partial charge in [-0.2, -0.15) is 0 Å². The van der Waals surface area contributed by atoms with Crippen molar-refractivity contribution >= 4 is 13.7 Å². The molecule has 3 N–H and O–H groups in total. The lowest BCUT2D eigenvalue weighted by Crippen LogP contribution is -2.45. The smallest absolute Gasteiger partial charge is 0.387 e. The van der Waals surface area contributed by atoms with Gasteiger partial charge in [0.1, 0.15) is 13.2 Å². The summed E-state index contributed by atoms with van der Waals surface area (Å²) < 4.78 is 23.7. The molecule has 3 unspecified atom stereocenters. The van der Waals surface area contributed by atoms with Crippen LogP contribution in [0.3, 0.4) is 0 Å². The van der Waals surface area contributed by atoms with Gasteiger partial charge in [0.05, 0.1) is 39.9 Å². The highest BCUT2D eigenvalue weighted by Crippen LogP contribution is 2.43. The molecule has 0 aromatic rings. The largest absolute Gasteiger partial charge is 0.472 e. The number of phosphoric ester groups is 1. The Kier molecular flexibility index (Phi) is 49.9. The van der Waals surface area contributed by atoms with Gasteiger partial charge in [0.2, 0.25) is 5.91 Å². The lowest BCUT2D eigenvalue weighted by atomic mass is 10.0. The zero-order chi connectivity index (χ0) is 51.3. The maximum absolute atomic E-state index is 13.0. The van der Waals surface area contributed by atoms with E-state index < -0.39 is 20.0 Å². The lowest BCUT2D eigenvalue weighted by Gasteiger charge is -2.25. The third kappa shape index (κ3) is 53.5. The molecule has 0 saturated heterocycles. The second kappa shape index (κ2) is 51.6. The third-order valence-corrected chi connectivity index (χ3v) is 13.6. The predicted octanol–water partition coefficient (Wildman–Crippen LogP) is 17.6. The fourth-order valence-electron chi connectivity index (χ4n) is 8.09. The molecule has 406 valence electrons. The molecule has 0 fully saturated rings. The number of likely N-dealkylation sites (N-methyl/N-ethyl adjacent to an activating group) is 1. The van der Waals surface area contributed by atoms with Crippen molar-refractivity contribution in [1.82, 2.24) is 5.32 Å². The second-order valence-corrected chi connectivity index (χ2v) is 22.1. The summed E-state index contributed by atoms with van der Waals surface area (Å²) in [5.41, 5.74) is 0. The highest BCUT2D eigenvalue weighted by molar-refractivity contribution is 7.47. The summed E-state index contributed by atoms with van der Waals surface area (Å²) >= 11 is 0. The van der Waals surface area contributed by atoms with Gasteiger partial charge in [0.15, 0.2) is 0 Å². The zero-order valence-electron chi connectivity index (χ0n) is 46.2. The van der Waals surface area contributed by atoms with Gasteiger partial charge in [-0.25, -0.2) is 4.57 Å². The predicted molar refractivity (Wildman–Crippen MR) is 304 cm³/mol. The molecule has 0 saturated carbocycles. The second-order valence-electron chi connectivity index (χ2n) is 20.6. The molecule has 0 aromatic heterocycles. The molecular weight excluding hydrogens is 888 g/mol. The van der Waals surface area contributed by atoms with Crippen LogP contribution in [0.4, 0.5) is 0 Å². The topological polar surface area (TPSA) is 105 Å². The van der Waals surface area contributed by atoms with Crippen LogP contribution in [-0.2, 0) is 18.4 Å². The van der Waals surface area contributed by atoms with Gasteiger partial charge in [-0.3, -0.25) is 13.8 Å². The Morgan fingerprint density at radius 3 is 1.31 bits per heavy atom. The molecular formula is C61H112N2O6P+. The van der Waals surface area contributed by atoms with E-state index in [1.807, 2.05) is 27.2 Å². The van der Waals surface area contributed by atoms with Gasteiger partial charge in [0, 0.05) is 6.42 Å². The number of amides is 1. The Morgan fingerprint density at radius 1 is 0.500 bits per heavy atom. The lowest BCUT2D eigenvalue weighted by molar-refractivity contribution is -0.870. The molecule has 0 radical (unpaired) electrons. The Hall–Kier alpha value is -2.32. The Bertz CT molecular complexity index is 1410. The van der Waals surface area contributed by atoms with Crippen LogP contribution in [0.2, 0.25) is 0 Å². The van der Waals surface area contributed by atoms with E-state index >= 15 is 0 Å². The number of quaternary nitrogens is 1. The van der Waals surface area contributed by atoms with E-state index in [1.165, 1.54) is 148 Å². The molecule has 0 aliphatic heterocycles. The van der Waals surface area contributed by atoms with Crippen LogP contribution < -0.4 is 5.32 Å². The molecule has 1 amide bonds. The van der Waals surface area contributed by atoms with Crippen LogP contribution in [0.1, 0.15) is 245 Å². The first-order valence-corrected chi connectivity index (χ1v) is 30.5. The number of unbranched alkanes of at least 4 members (excludes halogenated alkanes) is 27. The number of hydrogen-bond donors (Lipinski definition) is 3.